The number of benzene rings is 3. The van der Waals surface area contributed by atoms with Crippen molar-refractivity contribution >= 4 is 33.1 Å². The highest BCUT2D eigenvalue weighted by Crippen LogP contribution is 2.27. The van der Waals surface area contributed by atoms with Gasteiger partial charge in [-0.25, -0.2) is 0 Å². The number of anilines is 1. The SMILES string of the molecule is C=C(C)C(=O)Nc1ccc2ccc3ccccc3c2c1. The highest BCUT2D eigenvalue weighted by atomic mass is 16.1. The maximum absolute atomic E-state index is 11.7. The summed E-state index contributed by atoms with van der Waals surface area (Å²) in [5.74, 6) is -0.149. The van der Waals surface area contributed by atoms with E-state index in [0.29, 0.717) is 5.57 Å². The van der Waals surface area contributed by atoms with Gasteiger partial charge in [0.15, 0.2) is 0 Å². The minimum Gasteiger partial charge on any atom is -0.322 e. The molecule has 1 N–H and O–H groups in total. The standard InChI is InChI=1S/C18H15NO/c1-12(2)18(20)19-15-10-9-14-8-7-13-5-3-4-6-16(13)17(14)11-15/h3-11H,1H2,2H3,(H,19,20). The lowest BCUT2D eigenvalue weighted by Gasteiger charge is -2.08. The number of hydrogen-bond acceptors (Lipinski definition) is 1. The highest BCUT2D eigenvalue weighted by molar-refractivity contribution is 6.10. The van der Waals surface area contributed by atoms with Crippen LogP contribution in [-0.4, -0.2) is 5.91 Å². The van der Waals surface area contributed by atoms with Gasteiger partial charge in [0.2, 0.25) is 0 Å². The largest absolute Gasteiger partial charge is 0.322 e. The molecule has 0 unspecified atom stereocenters. The normalized spacial score (nSPS) is 10.7. The molecule has 2 nitrogen and oxygen atoms in total. The predicted octanol–water partition coefficient (Wildman–Crippen LogP) is 4.51. The molecule has 0 saturated heterocycles. The molecule has 0 aliphatic rings. The van der Waals surface area contributed by atoms with Crippen LogP contribution in [0.25, 0.3) is 21.5 Å². The van der Waals surface area contributed by atoms with E-state index in [9.17, 15) is 4.79 Å². The molecule has 0 atom stereocenters. The summed E-state index contributed by atoms with van der Waals surface area (Å²) in [5.41, 5.74) is 1.30. The van der Waals surface area contributed by atoms with Gasteiger partial charge >= 0.3 is 0 Å². The first-order valence-electron chi connectivity index (χ1n) is 6.53. The van der Waals surface area contributed by atoms with Crippen molar-refractivity contribution in [2.24, 2.45) is 0 Å². The van der Waals surface area contributed by atoms with Gasteiger partial charge in [-0.1, -0.05) is 49.0 Å². The molecule has 0 saturated carbocycles. The van der Waals surface area contributed by atoms with Crippen LogP contribution >= 0.6 is 0 Å². The van der Waals surface area contributed by atoms with Crippen LogP contribution in [0.1, 0.15) is 6.92 Å². The Morgan fingerprint density at radius 1 is 0.950 bits per heavy atom. The number of fused-ring (bicyclic) bond motifs is 3. The first kappa shape index (κ1) is 12.4. The second-order valence-corrected chi connectivity index (χ2v) is 4.96. The lowest BCUT2D eigenvalue weighted by Crippen LogP contribution is -2.11. The summed E-state index contributed by atoms with van der Waals surface area (Å²) < 4.78 is 0. The molecule has 3 rings (SSSR count). The van der Waals surface area contributed by atoms with Crippen LogP contribution in [-0.2, 0) is 4.79 Å². The third kappa shape index (κ3) is 2.16. The Labute approximate surface area is 117 Å². The Bertz CT molecular complexity index is 833. The van der Waals surface area contributed by atoms with Crippen LogP contribution in [0.5, 0.6) is 0 Å². The Morgan fingerprint density at radius 2 is 1.60 bits per heavy atom. The van der Waals surface area contributed by atoms with Gasteiger partial charge in [-0.2, -0.15) is 0 Å². The smallest absolute Gasteiger partial charge is 0.250 e. The molecular weight excluding hydrogens is 246 g/mol. The van der Waals surface area contributed by atoms with Crippen LogP contribution in [0.15, 0.2) is 66.7 Å². The molecule has 0 aliphatic heterocycles. The van der Waals surface area contributed by atoms with Gasteiger partial charge in [0, 0.05) is 11.3 Å². The fourth-order valence-corrected chi connectivity index (χ4v) is 2.32. The van der Waals surface area contributed by atoms with Crippen molar-refractivity contribution in [2.75, 3.05) is 5.32 Å². The Hall–Kier alpha value is -2.61. The van der Waals surface area contributed by atoms with Crippen LogP contribution in [0.2, 0.25) is 0 Å². The van der Waals surface area contributed by atoms with Crippen molar-refractivity contribution in [1.82, 2.24) is 0 Å². The summed E-state index contributed by atoms with van der Waals surface area (Å²) in [6.45, 7) is 5.35. The minimum atomic E-state index is -0.149. The molecular formula is C18H15NO. The summed E-state index contributed by atoms with van der Waals surface area (Å²) in [7, 11) is 0. The number of nitrogens with one attached hydrogen (secondary N) is 1. The minimum absolute atomic E-state index is 0.149. The van der Waals surface area contributed by atoms with E-state index in [-0.39, 0.29) is 5.91 Å². The van der Waals surface area contributed by atoms with E-state index >= 15 is 0 Å². The molecule has 0 radical (unpaired) electrons. The van der Waals surface area contributed by atoms with Crippen molar-refractivity contribution in [3.05, 3.63) is 66.7 Å². The van der Waals surface area contributed by atoms with Crippen molar-refractivity contribution < 1.29 is 4.79 Å². The molecule has 0 fully saturated rings. The average molecular weight is 261 g/mol. The quantitative estimate of drug-likeness (QED) is 0.534. The number of carbonyl (C=O) groups is 1. The van der Waals surface area contributed by atoms with Crippen molar-refractivity contribution in [3.8, 4) is 0 Å². The van der Waals surface area contributed by atoms with E-state index in [1.807, 2.05) is 30.3 Å². The van der Waals surface area contributed by atoms with Gasteiger partial charge in [-0.15, -0.1) is 0 Å². The van der Waals surface area contributed by atoms with Crippen LogP contribution in [0.4, 0.5) is 5.69 Å². The van der Waals surface area contributed by atoms with Crippen molar-refractivity contribution in [2.45, 2.75) is 6.92 Å². The third-order valence-corrected chi connectivity index (χ3v) is 3.39. The van der Waals surface area contributed by atoms with Gasteiger partial charge in [0.1, 0.15) is 0 Å². The zero-order valence-corrected chi connectivity index (χ0v) is 11.3. The van der Waals surface area contributed by atoms with E-state index in [1.165, 1.54) is 10.8 Å². The third-order valence-electron chi connectivity index (χ3n) is 3.39. The molecule has 98 valence electrons. The summed E-state index contributed by atoms with van der Waals surface area (Å²) in [4.78, 5) is 11.7. The average Bonchev–Trinajstić information content (AvgIpc) is 2.47. The van der Waals surface area contributed by atoms with Gasteiger partial charge in [-0.05, 0) is 40.6 Å². The van der Waals surface area contributed by atoms with Gasteiger partial charge in [0.25, 0.3) is 5.91 Å². The van der Waals surface area contributed by atoms with E-state index < -0.39 is 0 Å². The van der Waals surface area contributed by atoms with E-state index in [2.05, 4.69) is 36.2 Å². The molecule has 3 aromatic carbocycles. The molecule has 0 heterocycles. The topological polar surface area (TPSA) is 29.1 Å². The summed E-state index contributed by atoms with van der Waals surface area (Å²) in [6.07, 6.45) is 0. The first-order chi connectivity index (χ1) is 9.65. The maximum atomic E-state index is 11.7. The molecule has 3 aromatic rings. The Kier molecular flexibility index (Phi) is 2.99. The Balaban J connectivity index is 2.16. The number of hydrogen-bond donors (Lipinski definition) is 1. The van der Waals surface area contributed by atoms with Crippen molar-refractivity contribution in [1.29, 1.82) is 0 Å². The first-order valence-corrected chi connectivity index (χ1v) is 6.53. The summed E-state index contributed by atoms with van der Waals surface area (Å²) in [5, 5.41) is 7.55. The fraction of sp³-hybridized carbons (Fsp3) is 0.0556. The maximum Gasteiger partial charge on any atom is 0.250 e. The number of carbonyl (C=O) groups excluding carboxylic acids is 1. The summed E-state index contributed by atoms with van der Waals surface area (Å²) >= 11 is 0. The van der Waals surface area contributed by atoms with Gasteiger partial charge in [-0.3, -0.25) is 4.79 Å². The molecule has 20 heavy (non-hydrogen) atoms. The van der Waals surface area contributed by atoms with E-state index in [4.69, 9.17) is 0 Å². The molecule has 1 amide bonds. The monoisotopic (exact) mass is 261 g/mol. The second kappa shape index (κ2) is 4.82. The van der Waals surface area contributed by atoms with Crippen molar-refractivity contribution in [3.63, 3.8) is 0 Å². The molecule has 0 aromatic heterocycles. The zero-order valence-electron chi connectivity index (χ0n) is 11.3. The van der Waals surface area contributed by atoms with Gasteiger partial charge < -0.3 is 5.32 Å². The molecule has 0 bridgehead atoms. The fourth-order valence-electron chi connectivity index (χ4n) is 2.32. The van der Waals surface area contributed by atoms with E-state index in [0.717, 1.165) is 16.5 Å². The highest BCUT2D eigenvalue weighted by Gasteiger charge is 2.05. The van der Waals surface area contributed by atoms with Crippen LogP contribution in [0, 0.1) is 0 Å². The number of amides is 1. The Morgan fingerprint density at radius 3 is 2.35 bits per heavy atom. The lowest BCUT2D eigenvalue weighted by atomic mass is 10.0. The van der Waals surface area contributed by atoms with E-state index in [1.54, 1.807) is 6.92 Å². The molecule has 0 aliphatic carbocycles. The van der Waals surface area contributed by atoms with Gasteiger partial charge in [0.05, 0.1) is 0 Å². The lowest BCUT2D eigenvalue weighted by molar-refractivity contribution is -0.112. The number of rotatable bonds is 2. The van der Waals surface area contributed by atoms with Crippen LogP contribution < -0.4 is 5.32 Å². The van der Waals surface area contributed by atoms with Crippen LogP contribution in [0.3, 0.4) is 0 Å². The molecule has 2 heteroatoms. The zero-order chi connectivity index (χ0) is 14.1. The predicted molar refractivity (Wildman–Crippen MR) is 84.9 cm³/mol. The summed E-state index contributed by atoms with van der Waals surface area (Å²) in [6, 6.07) is 18.4. The second-order valence-electron chi connectivity index (χ2n) is 4.96. The molecule has 0 spiro atoms.